The molecule has 0 unspecified atom stereocenters. The standard InChI is InChI=1S/C21H32O4/c1-6-13(2)10-19(22)25-18-12-16(15(4)20(23)24)11-17-14(3)8-7-9-21(17,18)5/h13,16-18H,3-4,6-12H2,1-2,5H3,(H,23,24)/t13-,16+,17+,18+,21+/m1/s1. The molecule has 4 heteroatoms. The molecule has 0 heterocycles. The van der Waals surface area contributed by atoms with Gasteiger partial charge in [0.1, 0.15) is 6.10 Å². The van der Waals surface area contributed by atoms with Crippen molar-refractivity contribution >= 4 is 11.9 Å². The van der Waals surface area contributed by atoms with Crippen LogP contribution in [0.3, 0.4) is 0 Å². The molecule has 2 aliphatic rings. The number of allylic oxidation sites excluding steroid dienone is 1. The van der Waals surface area contributed by atoms with Crippen molar-refractivity contribution in [2.45, 2.75) is 71.8 Å². The Hall–Kier alpha value is -1.58. The van der Waals surface area contributed by atoms with Crippen LogP contribution in [0.4, 0.5) is 0 Å². The topological polar surface area (TPSA) is 63.6 Å². The van der Waals surface area contributed by atoms with Gasteiger partial charge in [-0.05, 0) is 49.9 Å². The lowest BCUT2D eigenvalue weighted by atomic mass is 9.55. The van der Waals surface area contributed by atoms with Gasteiger partial charge in [0, 0.05) is 17.4 Å². The lowest BCUT2D eigenvalue weighted by Crippen LogP contribution is -2.50. The molecule has 2 saturated carbocycles. The summed E-state index contributed by atoms with van der Waals surface area (Å²) in [7, 11) is 0. The molecule has 0 amide bonds. The van der Waals surface area contributed by atoms with Gasteiger partial charge < -0.3 is 9.84 Å². The lowest BCUT2D eigenvalue weighted by Gasteiger charge is -2.52. The molecule has 0 aromatic rings. The summed E-state index contributed by atoms with van der Waals surface area (Å²) in [5.74, 6) is -0.799. The Labute approximate surface area is 151 Å². The average molecular weight is 348 g/mol. The number of hydrogen-bond donors (Lipinski definition) is 1. The summed E-state index contributed by atoms with van der Waals surface area (Å²) in [5, 5.41) is 9.35. The normalized spacial score (nSPS) is 33.2. The van der Waals surface area contributed by atoms with Gasteiger partial charge in [-0.1, -0.05) is 45.9 Å². The quantitative estimate of drug-likeness (QED) is 0.427. The van der Waals surface area contributed by atoms with Gasteiger partial charge in [0.05, 0.1) is 0 Å². The van der Waals surface area contributed by atoms with Gasteiger partial charge in [0.2, 0.25) is 0 Å². The Balaban J connectivity index is 2.23. The molecule has 0 aliphatic heterocycles. The number of rotatable bonds is 6. The van der Waals surface area contributed by atoms with E-state index >= 15 is 0 Å². The first-order chi connectivity index (χ1) is 11.7. The molecular formula is C21H32O4. The molecule has 2 fully saturated rings. The molecule has 0 spiro atoms. The minimum absolute atomic E-state index is 0.143. The molecule has 25 heavy (non-hydrogen) atoms. The maximum absolute atomic E-state index is 12.4. The number of ether oxygens (including phenoxy) is 1. The molecule has 0 saturated heterocycles. The highest BCUT2D eigenvalue weighted by Crippen LogP contribution is 2.55. The number of carbonyl (C=O) groups excluding carboxylic acids is 1. The van der Waals surface area contributed by atoms with Crippen molar-refractivity contribution in [3.8, 4) is 0 Å². The van der Waals surface area contributed by atoms with Crippen molar-refractivity contribution in [2.24, 2.45) is 23.2 Å². The molecule has 140 valence electrons. The van der Waals surface area contributed by atoms with E-state index in [2.05, 4.69) is 27.0 Å². The predicted octanol–water partition coefficient (Wildman–Crippen LogP) is 4.75. The van der Waals surface area contributed by atoms with Gasteiger partial charge in [-0.15, -0.1) is 0 Å². The van der Waals surface area contributed by atoms with E-state index in [1.54, 1.807) is 0 Å². The molecule has 4 nitrogen and oxygen atoms in total. The molecule has 1 N–H and O–H groups in total. The number of aliphatic carboxylic acids is 1. The Bertz CT molecular complexity index is 564. The van der Waals surface area contributed by atoms with E-state index in [-0.39, 0.29) is 34.9 Å². The van der Waals surface area contributed by atoms with Crippen molar-refractivity contribution < 1.29 is 19.4 Å². The molecule has 0 aromatic heterocycles. The fourth-order valence-corrected chi connectivity index (χ4v) is 4.52. The first-order valence-corrected chi connectivity index (χ1v) is 9.48. The van der Waals surface area contributed by atoms with E-state index in [1.165, 1.54) is 5.57 Å². The zero-order valence-electron chi connectivity index (χ0n) is 15.8. The molecule has 0 radical (unpaired) electrons. The zero-order chi connectivity index (χ0) is 18.8. The number of esters is 1. The Morgan fingerprint density at radius 2 is 2.08 bits per heavy atom. The highest BCUT2D eigenvalue weighted by atomic mass is 16.5. The second-order valence-electron chi connectivity index (χ2n) is 8.26. The molecule has 5 atom stereocenters. The van der Waals surface area contributed by atoms with Crippen LogP contribution < -0.4 is 0 Å². The van der Waals surface area contributed by atoms with E-state index in [4.69, 9.17) is 4.74 Å². The highest BCUT2D eigenvalue weighted by Gasteiger charge is 2.51. The van der Waals surface area contributed by atoms with Crippen LogP contribution in [0.1, 0.15) is 65.7 Å². The Morgan fingerprint density at radius 3 is 2.68 bits per heavy atom. The van der Waals surface area contributed by atoms with Crippen LogP contribution in [0.2, 0.25) is 0 Å². The van der Waals surface area contributed by atoms with Crippen molar-refractivity contribution in [3.05, 3.63) is 24.3 Å². The average Bonchev–Trinajstić information content (AvgIpc) is 2.54. The van der Waals surface area contributed by atoms with Crippen molar-refractivity contribution in [1.29, 1.82) is 0 Å². The first kappa shape index (κ1) is 19.7. The predicted molar refractivity (Wildman–Crippen MR) is 98.0 cm³/mol. The van der Waals surface area contributed by atoms with E-state index in [9.17, 15) is 14.7 Å². The van der Waals surface area contributed by atoms with Crippen LogP contribution in [0, 0.1) is 23.2 Å². The fourth-order valence-electron chi connectivity index (χ4n) is 4.52. The Morgan fingerprint density at radius 1 is 1.40 bits per heavy atom. The number of carboxylic acids is 1. The molecule has 0 aromatic carbocycles. The monoisotopic (exact) mass is 348 g/mol. The van der Waals surface area contributed by atoms with E-state index in [1.807, 2.05) is 6.92 Å². The largest absolute Gasteiger partial charge is 0.478 e. The second-order valence-corrected chi connectivity index (χ2v) is 8.26. The van der Waals surface area contributed by atoms with Crippen LogP contribution in [0.25, 0.3) is 0 Å². The van der Waals surface area contributed by atoms with Crippen LogP contribution in [-0.2, 0) is 14.3 Å². The van der Waals surface area contributed by atoms with Crippen molar-refractivity contribution in [3.63, 3.8) is 0 Å². The summed E-state index contributed by atoms with van der Waals surface area (Å²) in [6.07, 6.45) is 5.41. The van der Waals surface area contributed by atoms with Gasteiger partial charge in [-0.2, -0.15) is 0 Å². The summed E-state index contributed by atoms with van der Waals surface area (Å²) in [6, 6.07) is 0. The SMILES string of the molecule is C=C(C(=O)O)[C@@H]1C[C@H](OC(=O)C[C@H](C)CC)[C@@]2(C)CCCC(=C)[C@@H]2C1. The van der Waals surface area contributed by atoms with E-state index in [0.717, 1.165) is 32.1 Å². The van der Waals surface area contributed by atoms with Crippen molar-refractivity contribution in [1.82, 2.24) is 0 Å². The Kier molecular flexibility index (Phi) is 6.12. The van der Waals surface area contributed by atoms with Crippen molar-refractivity contribution in [2.75, 3.05) is 0 Å². The number of fused-ring (bicyclic) bond motifs is 1. The third kappa shape index (κ3) is 4.16. The van der Waals surface area contributed by atoms with Gasteiger partial charge in [-0.25, -0.2) is 4.79 Å². The van der Waals surface area contributed by atoms with Gasteiger partial charge >= 0.3 is 11.9 Å². The van der Waals surface area contributed by atoms with Crippen LogP contribution in [-0.4, -0.2) is 23.1 Å². The van der Waals surface area contributed by atoms with Gasteiger partial charge in [0.15, 0.2) is 0 Å². The van der Waals surface area contributed by atoms with Gasteiger partial charge in [-0.3, -0.25) is 4.79 Å². The highest BCUT2D eigenvalue weighted by molar-refractivity contribution is 5.86. The second kappa shape index (κ2) is 7.76. The summed E-state index contributed by atoms with van der Waals surface area (Å²) >= 11 is 0. The minimum atomic E-state index is -0.959. The smallest absolute Gasteiger partial charge is 0.331 e. The summed E-state index contributed by atoms with van der Waals surface area (Å²) in [5.41, 5.74) is 1.25. The maximum Gasteiger partial charge on any atom is 0.331 e. The molecular weight excluding hydrogens is 316 g/mol. The minimum Gasteiger partial charge on any atom is -0.478 e. The number of carboxylic acid groups (broad SMARTS) is 1. The summed E-state index contributed by atoms with van der Waals surface area (Å²) in [6.45, 7) is 14.3. The number of carbonyl (C=O) groups is 2. The van der Waals surface area contributed by atoms with Crippen LogP contribution in [0.15, 0.2) is 24.3 Å². The third-order valence-electron chi connectivity index (χ3n) is 6.51. The lowest BCUT2D eigenvalue weighted by molar-refractivity contribution is -0.166. The third-order valence-corrected chi connectivity index (χ3v) is 6.51. The van der Waals surface area contributed by atoms with E-state index < -0.39 is 5.97 Å². The molecule has 0 bridgehead atoms. The summed E-state index contributed by atoms with van der Waals surface area (Å²) < 4.78 is 5.93. The van der Waals surface area contributed by atoms with Crippen LogP contribution >= 0.6 is 0 Å². The summed E-state index contributed by atoms with van der Waals surface area (Å²) in [4.78, 5) is 23.8. The molecule has 2 aliphatic carbocycles. The van der Waals surface area contributed by atoms with E-state index in [0.29, 0.717) is 18.8 Å². The van der Waals surface area contributed by atoms with Gasteiger partial charge in [0.25, 0.3) is 0 Å². The molecule has 2 rings (SSSR count). The first-order valence-electron chi connectivity index (χ1n) is 9.48. The zero-order valence-corrected chi connectivity index (χ0v) is 15.8. The fraction of sp³-hybridized carbons (Fsp3) is 0.714. The maximum atomic E-state index is 12.4. The van der Waals surface area contributed by atoms with Crippen LogP contribution in [0.5, 0.6) is 0 Å². The number of hydrogen-bond acceptors (Lipinski definition) is 3.